The third kappa shape index (κ3) is 5.12. The molecule has 1 fully saturated rings. The quantitative estimate of drug-likeness (QED) is 0.521. The smallest absolute Gasteiger partial charge is 0.236 e. The molecule has 1 aliphatic heterocycles. The zero-order valence-corrected chi connectivity index (χ0v) is 21.3. The molecule has 0 radical (unpaired) electrons. The summed E-state index contributed by atoms with van der Waals surface area (Å²) >= 11 is 1.52. The molecule has 2 heterocycles. The van der Waals surface area contributed by atoms with E-state index in [1.165, 1.54) is 22.5 Å². The number of hydrogen-bond acceptors (Lipinski definition) is 8. The second kappa shape index (κ2) is 10.7. The van der Waals surface area contributed by atoms with Gasteiger partial charge in [-0.3, -0.25) is 4.79 Å². The van der Waals surface area contributed by atoms with Crippen molar-refractivity contribution < 1.29 is 14.3 Å². The number of carbonyl (C=O) groups excluding carboxylic acids is 1. The van der Waals surface area contributed by atoms with Gasteiger partial charge in [-0.2, -0.15) is 5.26 Å². The number of nitriles is 1. The third-order valence-corrected chi connectivity index (χ3v) is 7.50. The van der Waals surface area contributed by atoms with Gasteiger partial charge in [0, 0.05) is 30.3 Å². The van der Waals surface area contributed by atoms with Gasteiger partial charge in [-0.1, -0.05) is 29.5 Å². The van der Waals surface area contributed by atoms with E-state index in [1.807, 2.05) is 43.0 Å². The molecule has 3 aromatic rings. The van der Waals surface area contributed by atoms with Crippen LogP contribution >= 0.6 is 11.3 Å². The summed E-state index contributed by atoms with van der Waals surface area (Å²) in [5, 5.41) is 23.6. The Morgan fingerprint density at radius 2 is 2.06 bits per heavy atom. The molecule has 5 rings (SSSR count). The van der Waals surface area contributed by atoms with Crippen molar-refractivity contribution in [3.05, 3.63) is 53.1 Å². The van der Waals surface area contributed by atoms with Crippen LogP contribution in [0.1, 0.15) is 43.0 Å². The lowest BCUT2D eigenvalue weighted by Crippen LogP contribution is -2.45. The first-order chi connectivity index (χ1) is 17.5. The van der Waals surface area contributed by atoms with E-state index in [1.54, 1.807) is 0 Å². The van der Waals surface area contributed by atoms with Crippen LogP contribution in [0.4, 0.5) is 0 Å². The SMILES string of the molecule is CC(C)Oc1ccc(-c2nnc(-c3cccc4c3CC[C@@H]4NCC(=O)N3CCOCC3)s2)cc1C#N. The zero-order chi connectivity index (χ0) is 25.1. The Labute approximate surface area is 214 Å². The van der Waals surface area contributed by atoms with E-state index in [0.29, 0.717) is 44.2 Å². The number of nitrogens with zero attached hydrogens (tertiary/aromatic N) is 4. The van der Waals surface area contributed by atoms with Gasteiger partial charge in [-0.15, -0.1) is 10.2 Å². The number of hydrogen-bond donors (Lipinski definition) is 1. The maximum absolute atomic E-state index is 12.6. The topological polar surface area (TPSA) is 100 Å². The van der Waals surface area contributed by atoms with Crippen LogP contribution in [0.25, 0.3) is 21.1 Å². The third-order valence-electron chi connectivity index (χ3n) is 6.50. The summed E-state index contributed by atoms with van der Waals surface area (Å²) in [7, 11) is 0. The molecule has 1 amide bonds. The summed E-state index contributed by atoms with van der Waals surface area (Å²) in [6, 6.07) is 14.2. The van der Waals surface area contributed by atoms with Crippen molar-refractivity contribution >= 4 is 17.2 Å². The molecule has 2 aliphatic rings. The molecule has 186 valence electrons. The van der Waals surface area contributed by atoms with Gasteiger partial charge < -0.3 is 19.7 Å². The summed E-state index contributed by atoms with van der Waals surface area (Å²) in [5.74, 6) is 0.700. The van der Waals surface area contributed by atoms with Crippen LogP contribution < -0.4 is 10.1 Å². The summed E-state index contributed by atoms with van der Waals surface area (Å²) < 4.78 is 11.1. The van der Waals surface area contributed by atoms with Gasteiger partial charge in [0.05, 0.1) is 31.4 Å². The van der Waals surface area contributed by atoms with Crippen LogP contribution in [0.3, 0.4) is 0 Å². The fourth-order valence-corrected chi connectivity index (χ4v) is 5.65. The zero-order valence-electron chi connectivity index (χ0n) is 20.5. The summed E-state index contributed by atoms with van der Waals surface area (Å²) in [5.41, 5.74) is 4.90. The van der Waals surface area contributed by atoms with Crippen LogP contribution in [-0.2, 0) is 16.0 Å². The predicted octanol–water partition coefficient (Wildman–Crippen LogP) is 3.97. The lowest BCUT2D eigenvalue weighted by molar-refractivity contribution is -0.134. The predicted molar refractivity (Wildman–Crippen MR) is 138 cm³/mol. The van der Waals surface area contributed by atoms with Gasteiger partial charge in [0.25, 0.3) is 0 Å². The van der Waals surface area contributed by atoms with Gasteiger partial charge in [0.1, 0.15) is 21.8 Å². The molecule has 9 heteroatoms. The Morgan fingerprint density at radius 1 is 1.25 bits per heavy atom. The molecule has 0 bridgehead atoms. The molecule has 36 heavy (non-hydrogen) atoms. The monoisotopic (exact) mass is 503 g/mol. The highest BCUT2D eigenvalue weighted by atomic mass is 32.1. The number of carbonyl (C=O) groups is 1. The molecule has 1 saturated heterocycles. The maximum atomic E-state index is 12.6. The normalized spacial score (nSPS) is 17.2. The van der Waals surface area contributed by atoms with E-state index in [2.05, 4.69) is 33.7 Å². The number of aromatic nitrogens is 2. The van der Waals surface area contributed by atoms with Crippen molar-refractivity contribution in [1.29, 1.82) is 5.26 Å². The van der Waals surface area contributed by atoms with E-state index in [4.69, 9.17) is 9.47 Å². The number of fused-ring (bicyclic) bond motifs is 1. The van der Waals surface area contributed by atoms with Crippen LogP contribution in [0.2, 0.25) is 0 Å². The largest absolute Gasteiger partial charge is 0.490 e. The number of rotatable bonds is 7. The Bertz CT molecular complexity index is 1290. The molecule has 1 N–H and O–H groups in total. The molecular formula is C27H29N5O3S. The second-order valence-corrected chi connectivity index (χ2v) is 10.2. The molecular weight excluding hydrogens is 474 g/mol. The molecule has 0 spiro atoms. The van der Waals surface area contributed by atoms with Gasteiger partial charge in [-0.25, -0.2) is 0 Å². The molecule has 2 aromatic carbocycles. The minimum absolute atomic E-state index is 0.00735. The first-order valence-corrected chi connectivity index (χ1v) is 13.1. The molecule has 1 atom stereocenters. The van der Waals surface area contributed by atoms with Gasteiger partial charge in [0.15, 0.2) is 0 Å². The second-order valence-electron chi connectivity index (χ2n) is 9.24. The molecule has 1 aliphatic carbocycles. The first kappa shape index (κ1) is 24.4. The van der Waals surface area contributed by atoms with Gasteiger partial charge in [0.2, 0.25) is 5.91 Å². The lowest BCUT2D eigenvalue weighted by Gasteiger charge is -2.27. The van der Waals surface area contributed by atoms with Crippen molar-refractivity contribution in [3.8, 4) is 33.0 Å². The lowest BCUT2D eigenvalue weighted by atomic mass is 10.0. The van der Waals surface area contributed by atoms with Crippen LogP contribution in [-0.4, -0.2) is 60.0 Å². The van der Waals surface area contributed by atoms with Gasteiger partial charge in [-0.05, 0) is 56.0 Å². The fourth-order valence-electron chi connectivity index (χ4n) is 4.76. The Hall–Kier alpha value is -3.32. The van der Waals surface area contributed by atoms with Crippen LogP contribution in [0.5, 0.6) is 5.75 Å². The summed E-state index contributed by atoms with van der Waals surface area (Å²) in [6.07, 6.45) is 1.85. The average Bonchev–Trinajstić information content (AvgIpc) is 3.55. The van der Waals surface area contributed by atoms with E-state index >= 15 is 0 Å². The maximum Gasteiger partial charge on any atom is 0.236 e. The molecule has 0 saturated carbocycles. The summed E-state index contributed by atoms with van der Waals surface area (Å²) in [6.45, 7) is 6.75. The number of benzene rings is 2. The first-order valence-electron chi connectivity index (χ1n) is 12.3. The van der Waals surface area contributed by atoms with E-state index in [0.717, 1.165) is 34.0 Å². The highest BCUT2D eigenvalue weighted by Gasteiger charge is 2.27. The standard InChI is InChI=1S/C27H29N5O3S/c1-17(2)35-24-9-6-18(14-19(24)15-28)26-30-31-27(36-26)22-5-3-4-21-20(22)7-8-23(21)29-16-25(33)32-10-12-34-13-11-32/h3-6,9,14,17,23,29H,7-8,10-13,16H2,1-2H3/t23-/m0/s1. The minimum Gasteiger partial charge on any atom is -0.490 e. The van der Waals surface area contributed by atoms with Crippen LogP contribution in [0, 0.1) is 11.3 Å². The molecule has 1 aromatic heterocycles. The van der Waals surface area contributed by atoms with Crippen molar-refractivity contribution in [3.63, 3.8) is 0 Å². The van der Waals surface area contributed by atoms with E-state index in [9.17, 15) is 10.1 Å². The highest BCUT2D eigenvalue weighted by molar-refractivity contribution is 7.17. The Morgan fingerprint density at radius 3 is 2.83 bits per heavy atom. The minimum atomic E-state index is -0.00735. The number of nitrogens with one attached hydrogen (secondary N) is 1. The Balaban J connectivity index is 1.32. The Kier molecular flexibility index (Phi) is 7.28. The number of morpholine rings is 1. The summed E-state index contributed by atoms with van der Waals surface area (Å²) in [4.78, 5) is 14.4. The van der Waals surface area contributed by atoms with E-state index in [-0.39, 0.29) is 18.1 Å². The molecule has 8 nitrogen and oxygen atoms in total. The van der Waals surface area contributed by atoms with Gasteiger partial charge >= 0.3 is 0 Å². The number of ether oxygens (including phenoxy) is 2. The molecule has 0 unspecified atom stereocenters. The number of amides is 1. The van der Waals surface area contributed by atoms with Crippen molar-refractivity contribution in [2.75, 3.05) is 32.8 Å². The highest BCUT2D eigenvalue weighted by Crippen LogP contribution is 2.40. The van der Waals surface area contributed by atoms with Crippen LogP contribution in [0.15, 0.2) is 36.4 Å². The fraction of sp³-hybridized carbons (Fsp3) is 0.407. The van der Waals surface area contributed by atoms with E-state index < -0.39 is 0 Å². The van der Waals surface area contributed by atoms with Crippen molar-refractivity contribution in [2.24, 2.45) is 0 Å². The van der Waals surface area contributed by atoms with Crippen molar-refractivity contribution in [2.45, 2.75) is 38.8 Å². The average molecular weight is 504 g/mol. The van der Waals surface area contributed by atoms with Crippen molar-refractivity contribution in [1.82, 2.24) is 20.4 Å².